The third kappa shape index (κ3) is 3.96. The average molecular weight is 281 g/mol. The monoisotopic (exact) mass is 281 g/mol. The lowest BCUT2D eigenvalue weighted by molar-refractivity contribution is 0.0264. The molecule has 1 aromatic carbocycles. The molecule has 104 valence electrons. The minimum Gasteiger partial charge on any atom is -0.386 e. The second-order valence-corrected chi connectivity index (χ2v) is 5.71. The third-order valence-electron chi connectivity index (χ3n) is 3.19. The Morgan fingerprint density at radius 2 is 2.21 bits per heavy atom. The summed E-state index contributed by atoms with van der Waals surface area (Å²) >= 11 is 1.75. The Morgan fingerprint density at radius 3 is 2.79 bits per heavy atom. The SMILES string of the molecule is CSCc1ccc(C(=O)NCC2(O)CCOC2)cc1. The highest BCUT2D eigenvalue weighted by Gasteiger charge is 2.32. The molecule has 1 aromatic rings. The molecule has 0 aromatic heterocycles. The maximum absolute atomic E-state index is 11.9. The van der Waals surface area contributed by atoms with Crippen LogP contribution in [0.4, 0.5) is 0 Å². The lowest BCUT2D eigenvalue weighted by Gasteiger charge is -2.20. The maximum Gasteiger partial charge on any atom is 0.251 e. The summed E-state index contributed by atoms with van der Waals surface area (Å²) in [4.78, 5) is 11.9. The summed E-state index contributed by atoms with van der Waals surface area (Å²) in [6.45, 7) is 1.08. The van der Waals surface area contributed by atoms with E-state index in [1.54, 1.807) is 11.8 Å². The Morgan fingerprint density at radius 1 is 1.47 bits per heavy atom. The summed E-state index contributed by atoms with van der Waals surface area (Å²) in [6, 6.07) is 7.55. The number of hydrogen-bond donors (Lipinski definition) is 2. The normalized spacial score (nSPS) is 22.4. The standard InChI is InChI=1S/C14H19NO3S/c1-19-8-11-2-4-12(5-3-11)13(16)15-9-14(17)6-7-18-10-14/h2-5,17H,6-10H2,1H3,(H,15,16). The third-order valence-corrected chi connectivity index (χ3v) is 3.81. The van der Waals surface area contributed by atoms with Gasteiger partial charge in [-0.25, -0.2) is 0 Å². The van der Waals surface area contributed by atoms with Crippen molar-refractivity contribution in [2.45, 2.75) is 17.8 Å². The van der Waals surface area contributed by atoms with E-state index in [1.165, 1.54) is 5.56 Å². The lowest BCUT2D eigenvalue weighted by Crippen LogP contribution is -2.43. The number of nitrogens with one attached hydrogen (secondary N) is 1. The van der Waals surface area contributed by atoms with Crippen molar-refractivity contribution >= 4 is 17.7 Å². The van der Waals surface area contributed by atoms with Crippen LogP contribution in [0.5, 0.6) is 0 Å². The number of benzene rings is 1. The zero-order valence-electron chi connectivity index (χ0n) is 11.0. The zero-order valence-corrected chi connectivity index (χ0v) is 11.8. The molecule has 0 aliphatic carbocycles. The number of carbonyl (C=O) groups is 1. The van der Waals surface area contributed by atoms with E-state index >= 15 is 0 Å². The molecule has 1 unspecified atom stereocenters. The molecule has 1 atom stereocenters. The number of carbonyl (C=O) groups excluding carboxylic acids is 1. The minimum atomic E-state index is -0.908. The second kappa shape index (κ2) is 6.41. The van der Waals surface area contributed by atoms with E-state index in [9.17, 15) is 9.90 Å². The first-order chi connectivity index (χ1) is 9.13. The van der Waals surface area contributed by atoms with E-state index in [1.807, 2.05) is 30.5 Å². The molecular weight excluding hydrogens is 262 g/mol. The van der Waals surface area contributed by atoms with Crippen LogP contribution < -0.4 is 5.32 Å². The smallest absolute Gasteiger partial charge is 0.251 e. The molecule has 5 heteroatoms. The molecule has 1 heterocycles. The topological polar surface area (TPSA) is 58.6 Å². The van der Waals surface area contributed by atoms with Crippen LogP contribution in [0.1, 0.15) is 22.3 Å². The summed E-state index contributed by atoms with van der Waals surface area (Å²) < 4.78 is 5.14. The molecule has 0 radical (unpaired) electrons. The van der Waals surface area contributed by atoms with Crippen LogP contribution in [-0.4, -0.2) is 42.6 Å². The average Bonchev–Trinajstić information content (AvgIpc) is 2.85. The summed E-state index contributed by atoms with van der Waals surface area (Å²) in [6.07, 6.45) is 2.62. The van der Waals surface area contributed by atoms with Crippen LogP contribution >= 0.6 is 11.8 Å². The molecule has 2 rings (SSSR count). The van der Waals surface area contributed by atoms with Crippen molar-refractivity contribution in [2.24, 2.45) is 0 Å². The molecule has 0 saturated carbocycles. The summed E-state index contributed by atoms with van der Waals surface area (Å²) in [5.74, 6) is 0.787. The van der Waals surface area contributed by atoms with Gasteiger partial charge in [-0.05, 0) is 24.0 Å². The zero-order chi connectivity index (χ0) is 13.7. The van der Waals surface area contributed by atoms with Gasteiger partial charge in [-0.15, -0.1) is 0 Å². The van der Waals surface area contributed by atoms with Gasteiger partial charge >= 0.3 is 0 Å². The number of thioether (sulfide) groups is 1. The van der Waals surface area contributed by atoms with Gasteiger partial charge in [0.05, 0.1) is 6.61 Å². The molecule has 0 spiro atoms. The van der Waals surface area contributed by atoms with Crippen LogP contribution in [0, 0.1) is 0 Å². The van der Waals surface area contributed by atoms with E-state index in [4.69, 9.17) is 4.74 Å². The van der Waals surface area contributed by atoms with Crippen molar-refractivity contribution in [3.05, 3.63) is 35.4 Å². The van der Waals surface area contributed by atoms with Crippen LogP contribution in [0.15, 0.2) is 24.3 Å². The number of hydrogen-bond acceptors (Lipinski definition) is 4. The van der Waals surface area contributed by atoms with Gasteiger partial charge in [0, 0.05) is 30.9 Å². The highest BCUT2D eigenvalue weighted by atomic mass is 32.2. The maximum atomic E-state index is 11.9. The van der Waals surface area contributed by atoms with Crippen molar-refractivity contribution in [3.8, 4) is 0 Å². The highest BCUT2D eigenvalue weighted by Crippen LogP contribution is 2.17. The Bertz CT molecular complexity index is 427. The highest BCUT2D eigenvalue weighted by molar-refractivity contribution is 7.97. The lowest BCUT2D eigenvalue weighted by atomic mass is 10.0. The number of ether oxygens (including phenoxy) is 1. The predicted molar refractivity (Wildman–Crippen MR) is 76.4 cm³/mol. The fourth-order valence-electron chi connectivity index (χ4n) is 2.00. The van der Waals surface area contributed by atoms with Crippen molar-refractivity contribution < 1.29 is 14.6 Å². The van der Waals surface area contributed by atoms with Crippen LogP contribution in [0.3, 0.4) is 0 Å². The largest absolute Gasteiger partial charge is 0.386 e. The van der Waals surface area contributed by atoms with Gasteiger partial charge in [-0.1, -0.05) is 12.1 Å². The number of aliphatic hydroxyl groups is 1. The summed E-state index contributed by atoms with van der Waals surface area (Å²) in [5.41, 5.74) is 0.910. The molecule has 1 saturated heterocycles. The van der Waals surface area contributed by atoms with E-state index < -0.39 is 5.60 Å². The Kier molecular flexibility index (Phi) is 4.85. The number of rotatable bonds is 5. The molecule has 2 N–H and O–H groups in total. The Hall–Kier alpha value is -1.04. The summed E-state index contributed by atoms with van der Waals surface area (Å²) in [7, 11) is 0. The van der Waals surface area contributed by atoms with E-state index in [0.717, 1.165) is 5.75 Å². The summed E-state index contributed by atoms with van der Waals surface area (Å²) in [5, 5.41) is 12.8. The molecule has 1 aliphatic heterocycles. The minimum absolute atomic E-state index is 0.156. The van der Waals surface area contributed by atoms with Crippen molar-refractivity contribution in [1.29, 1.82) is 0 Å². The first kappa shape index (κ1) is 14.4. The molecule has 19 heavy (non-hydrogen) atoms. The van der Waals surface area contributed by atoms with E-state index in [-0.39, 0.29) is 12.5 Å². The molecule has 4 nitrogen and oxygen atoms in total. The van der Waals surface area contributed by atoms with Crippen LogP contribution in [0.2, 0.25) is 0 Å². The number of amides is 1. The molecule has 1 fully saturated rings. The quantitative estimate of drug-likeness (QED) is 0.857. The molecule has 1 amide bonds. The molecular formula is C14H19NO3S. The van der Waals surface area contributed by atoms with Gasteiger partial charge < -0.3 is 15.2 Å². The first-order valence-electron chi connectivity index (χ1n) is 6.29. The fourth-order valence-corrected chi connectivity index (χ4v) is 2.53. The Balaban J connectivity index is 1.88. The molecule has 0 bridgehead atoms. The van der Waals surface area contributed by atoms with Crippen molar-refractivity contribution in [1.82, 2.24) is 5.32 Å². The van der Waals surface area contributed by atoms with Gasteiger partial charge in [0.1, 0.15) is 5.60 Å². The van der Waals surface area contributed by atoms with E-state index in [2.05, 4.69) is 5.32 Å². The predicted octanol–water partition coefficient (Wildman–Crippen LogP) is 1.43. The van der Waals surface area contributed by atoms with Gasteiger partial charge in [0.25, 0.3) is 5.91 Å². The van der Waals surface area contributed by atoms with Gasteiger partial charge in [0.2, 0.25) is 0 Å². The first-order valence-corrected chi connectivity index (χ1v) is 7.68. The fraction of sp³-hybridized carbons (Fsp3) is 0.500. The van der Waals surface area contributed by atoms with Gasteiger partial charge in [0.15, 0.2) is 0 Å². The molecule has 1 aliphatic rings. The second-order valence-electron chi connectivity index (χ2n) is 4.84. The van der Waals surface area contributed by atoms with E-state index in [0.29, 0.717) is 25.2 Å². The van der Waals surface area contributed by atoms with Gasteiger partial charge in [-0.3, -0.25) is 4.79 Å². The van der Waals surface area contributed by atoms with Crippen molar-refractivity contribution in [2.75, 3.05) is 26.0 Å². The van der Waals surface area contributed by atoms with Gasteiger partial charge in [-0.2, -0.15) is 11.8 Å². The van der Waals surface area contributed by atoms with Crippen LogP contribution in [0.25, 0.3) is 0 Å². The van der Waals surface area contributed by atoms with Crippen LogP contribution in [-0.2, 0) is 10.5 Å². The van der Waals surface area contributed by atoms with Crippen molar-refractivity contribution in [3.63, 3.8) is 0 Å². The Labute approximate surface area is 117 Å².